The highest BCUT2D eigenvalue weighted by atomic mass is 32.2. The van der Waals surface area contributed by atoms with Gasteiger partial charge < -0.3 is 15.9 Å². The van der Waals surface area contributed by atoms with Crippen molar-refractivity contribution in [2.75, 3.05) is 5.84 Å². The number of benzene rings is 2. The number of hydrogen-bond donors (Lipinski definition) is 2. The predicted octanol–water partition coefficient (Wildman–Crippen LogP) is 3.80. The van der Waals surface area contributed by atoms with Crippen LogP contribution in [0.4, 0.5) is 4.39 Å². The number of nitrogens with zero attached hydrogens (tertiary/aromatic N) is 3. The van der Waals surface area contributed by atoms with Crippen LogP contribution in [-0.2, 0) is 23.4 Å². The summed E-state index contributed by atoms with van der Waals surface area (Å²) in [4.78, 5) is 12.4. The second-order valence-corrected chi connectivity index (χ2v) is 9.74. The van der Waals surface area contributed by atoms with Gasteiger partial charge in [0, 0.05) is 6.54 Å². The first-order valence-electron chi connectivity index (χ1n) is 10.2. The second-order valence-electron chi connectivity index (χ2n) is 8.44. The number of aromatic nitrogens is 3. The zero-order valence-corrected chi connectivity index (χ0v) is 19.4. The maximum atomic E-state index is 13.0. The quantitative estimate of drug-likeness (QED) is 0.395. The molecule has 170 valence electrons. The first kappa shape index (κ1) is 23.6. The Morgan fingerprint density at radius 2 is 1.81 bits per heavy atom. The number of carbonyl (C=O) groups is 1. The van der Waals surface area contributed by atoms with Crippen LogP contribution in [0.25, 0.3) is 0 Å². The summed E-state index contributed by atoms with van der Waals surface area (Å²) in [6, 6.07) is 13.9. The predicted molar refractivity (Wildman–Crippen MR) is 123 cm³/mol. The Labute approximate surface area is 191 Å². The van der Waals surface area contributed by atoms with Crippen molar-refractivity contribution in [3.8, 4) is 5.75 Å². The number of halogens is 1. The number of rotatable bonds is 8. The minimum atomic E-state index is -0.444. The molecule has 3 N–H and O–H groups in total. The third-order valence-corrected chi connectivity index (χ3v) is 5.91. The van der Waals surface area contributed by atoms with Gasteiger partial charge in [-0.25, -0.2) is 9.07 Å². The van der Waals surface area contributed by atoms with Crippen molar-refractivity contribution < 1.29 is 13.9 Å². The molecule has 1 atom stereocenters. The molecule has 1 unspecified atom stereocenters. The molecule has 3 rings (SSSR count). The molecule has 1 amide bonds. The third kappa shape index (κ3) is 6.23. The average Bonchev–Trinajstić information content (AvgIpc) is 3.10. The number of thioether (sulfide) groups is 1. The fourth-order valence-corrected chi connectivity index (χ4v) is 3.65. The minimum Gasteiger partial charge on any atom is -0.486 e. The van der Waals surface area contributed by atoms with E-state index in [0.717, 1.165) is 5.56 Å². The molecule has 32 heavy (non-hydrogen) atoms. The van der Waals surface area contributed by atoms with Gasteiger partial charge in [-0.15, -0.1) is 10.2 Å². The van der Waals surface area contributed by atoms with E-state index in [-0.39, 0.29) is 23.7 Å². The first-order valence-corrected chi connectivity index (χ1v) is 11.1. The van der Waals surface area contributed by atoms with Crippen LogP contribution in [-0.4, -0.2) is 26.0 Å². The van der Waals surface area contributed by atoms with Gasteiger partial charge in [0.05, 0.1) is 5.25 Å². The van der Waals surface area contributed by atoms with E-state index in [1.165, 1.54) is 34.1 Å². The van der Waals surface area contributed by atoms with Crippen molar-refractivity contribution in [3.63, 3.8) is 0 Å². The molecular formula is C23H28FN5O2S. The Morgan fingerprint density at radius 3 is 2.44 bits per heavy atom. The molecule has 0 aliphatic heterocycles. The van der Waals surface area contributed by atoms with Crippen molar-refractivity contribution >= 4 is 17.7 Å². The molecular weight excluding hydrogens is 429 g/mol. The Morgan fingerprint density at radius 1 is 1.16 bits per heavy atom. The van der Waals surface area contributed by atoms with Crippen LogP contribution in [0.2, 0.25) is 0 Å². The normalized spacial score (nSPS) is 12.4. The van der Waals surface area contributed by atoms with E-state index in [1.54, 1.807) is 19.1 Å². The number of ether oxygens (including phenoxy) is 1. The van der Waals surface area contributed by atoms with Crippen molar-refractivity contribution in [2.45, 2.75) is 56.7 Å². The molecule has 0 bridgehead atoms. The fourth-order valence-electron chi connectivity index (χ4n) is 2.83. The highest BCUT2D eigenvalue weighted by Gasteiger charge is 2.19. The van der Waals surface area contributed by atoms with Crippen molar-refractivity contribution in [2.24, 2.45) is 0 Å². The molecule has 0 aliphatic rings. The summed E-state index contributed by atoms with van der Waals surface area (Å²) in [6.45, 7) is 8.69. The minimum absolute atomic E-state index is 0.0735. The van der Waals surface area contributed by atoms with Crippen LogP contribution in [0.15, 0.2) is 53.7 Å². The van der Waals surface area contributed by atoms with Crippen LogP contribution >= 0.6 is 11.8 Å². The number of amides is 1. The third-order valence-electron chi connectivity index (χ3n) is 4.85. The molecule has 0 spiro atoms. The molecule has 9 heteroatoms. The van der Waals surface area contributed by atoms with Gasteiger partial charge in [0.25, 0.3) is 0 Å². The van der Waals surface area contributed by atoms with E-state index in [4.69, 9.17) is 10.6 Å². The summed E-state index contributed by atoms with van der Waals surface area (Å²) in [7, 11) is 0. The van der Waals surface area contributed by atoms with Gasteiger partial charge in [-0.1, -0.05) is 56.8 Å². The summed E-state index contributed by atoms with van der Waals surface area (Å²) in [6.07, 6.45) is 0. The summed E-state index contributed by atoms with van der Waals surface area (Å²) >= 11 is 1.20. The van der Waals surface area contributed by atoms with E-state index < -0.39 is 5.25 Å². The van der Waals surface area contributed by atoms with Crippen molar-refractivity contribution in [1.82, 2.24) is 20.2 Å². The Balaban J connectivity index is 1.52. The molecule has 2 aromatic carbocycles. The maximum Gasteiger partial charge on any atom is 0.233 e. The largest absolute Gasteiger partial charge is 0.486 e. The van der Waals surface area contributed by atoms with Crippen LogP contribution < -0.4 is 15.9 Å². The lowest BCUT2D eigenvalue weighted by molar-refractivity contribution is -0.120. The topological polar surface area (TPSA) is 95.1 Å². The molecule has 0 aliphatic carbocycles. The first-order chi connectivity index (χ1) is 15.1. The van der Waals surface area contributed by atoms with Gasteiger partial charge in [0.1, 0.15) is 18.2 Å². The average molecular weight is 458 g/mol. The Bertz CT molecular complexity index is 1050. The van der Waals surface area contributed by atoms with Crippen LogP contribution in [0.1, 0.15) is 44.6 Å². The van der Waals surface area contributed by atoms with E-state index in [0.29, 0.717) is 23.3 Å². The summed E-state index contributed by atoms with van der Waals surface area (Å²) in [5.41, 5.74) is 2.11. The standard InChI is InChI=1S/C23H28FN5O2S/c1-15(21(30)26-13-16-5-9-18(24)10-6-16)32-22-28-27-20(29(22)25)14-31-19-11-7-17(8-12-19)23(2,3)4/h5-12,15H,13-14,25H2,1-4H3,(H,26,30). The molecule has 0 radical (unpaired) electrons. The monoisotopic (exact) mass is 457 g/mol. The lowest BCUT2D eigenvalue weighted by Gasteiger charge is -2.19. The number of hydrogen-bond acceptors (Lipinski definition) is 6. The molecule has 0 saturated heterocycles. The highest BCUT2D eigenvalue weighted by Crippen LogP contribution is 2.25. The summed E-state index contributed by atoms with van der Waals surface area (Å²) in [5.74, 6) is 6.77. The Kier molecular flexibility index (Phi) is 7.40. The lowest BCUT2D eigenvalue weighted by atomic mass is 9.87. The van der Waals surface area contributed by atoms with Gasteiger partial charge >= 0.3 is 0 Å². The molecule has 7 nitrogen and oxygen atoms in total. The van der Waals surface area contributed by atoms with Crippen molar-refractivity contribution in [1.29, 1.82) is 0 Å². The molecule has 3 aromatic rings. The molecule has 1 aromatic heterocycles. The summed E-state index contributed by atoms with van der Waals surface area (Å²) in [5, 5.41) is 10.9. The summed E-state index contributed by atoms with van der Waals surface area (Å²) < 4.78 is 20.1. The number of nitrogen functional groups attached to an aromatic ring is 1. The second kappa shape index (κ2) is 10.0. The molecule has 0 saturated carbocycles. The van der Waals surface area contributed by atoms with E-state index in [2.05, 4.69) is 36.3 Å². The fraction of sp³-hybridized carbons (Fsp3) is 0.348. The van der Waals surface area contributed by atoms with Gasteiger partial charge in [0.2, 0.25) is 11.1 Å². The number of nitrogens with one attached hydrogen (secondary N) is 1. The maximum absolute atomic E-state index is 13.0. The van der Waals surface area contributed by atoms with E-state index in [1.807, 2.05) is 24.3 Å². The SMILES string of the molecule is CC(Sc1nnc(COc2ccc(C(C)(C)C)cc2)n1N)C(=O)NCc1ccc(F)cc1. The lowest BCUT2D eigenvalue weighted by Crippen LogP contribution is -2.31. The van der Waals surface area contributed by atoms with E-state index >= 15 is 0 Å². The Hall–Kier alpha value is -3.07. The number of nitrogens with two attached hydrogens (primary N) is 1. The van der Waals surface area contributed by atoms with Gasteiger partial charge in [-0.3, -0.25) is 4.79 Å². The van der Waals surface area contributed by atoms with Crippen LogP contribution in [0.3, 0.4) is 0 Å². The smallest absolute Gasteiger partial charge is 0.233 e. The van der Waals surface area contributed by atoms with Crippen LogP contribution in [0, 0.1) is 5.82 Å². The van der Waals surface area contributed by atoms with Crippen molar-refractivity contribution in [3.05, 3.63) is 71.3 Å². The molecule has 0 fully saturated rings. The highest BCUT2D eigenvalue weighted by molar-refractivity contribution is 8.00. The van der Waals surface area contributed by atoms with Gasteiger partial charge in [-0.05, 0) is 47.7 Å². The zero-order chi connectivity index (χ0) is 23.3. The zero-order valence-electron chi connectivity index (χ0n) is 18.6. The molecule has 1 heterocycles. The van der Waals surface area contributed by atoms with Gasteiger partial charge in [0.15, 0.2) is 5.82 Å². The number of carbonyl (C=O) groups excluding carboxylic acids is 1. The van der Waals surface area contributed by atoms with Crippen LogP contribution in [0.5, 0.6) is 5.75 Å². The van der Waals surface area contributed by atoms with Gasteiger partial charge in [-0.2, -0.15) is 0 Å². The van der Waals surface area contributed by atoms with E-state index in [9.17, 15) is 9.18 Å².